The van der Waals surface area contributed by atoms with E-state index in [0.717, 1.165) is 4.90 Å². The predicted octanol–water partition coefficient (Wildman–Crippen LogP) is 2.37. The van der Waals surface area contributed by atoms with Crippen molar-refractivity contribution in [1.29, 1.82) is 0 Å². The van der Waals surface area contributed by atoms with Gasteiger partial charge in [0.15, 0.2) is 5.82 Å². The molecule has 0 fully saturated rings. The number of benzene rings is 1. The first-order valence-corrected chi connectivity index (χ1v) is 9.91. The number of thioether (sulfide) groups is 1. The second-order valence-electron chi connectivity index (χ2n) is 5.94. The first-order valence-electron chi connectivity index (χ1n) is 8.92. The Hall–Kier alpha value is -3.17. The highest BCUT2D eigenvalue weighted by Crippen LogP contribution is 2.23. The summed E-state index contributed by atoms with van der Waals surface area (Å²) in [6, 6.07) is 12.5. The summed E-state index contributed by atoms with van der Waals surface area (Å²) in [6.07, 6.45) is 5.04. The van der Waals surface area contributed by atoms with Gasteiger partial charge in [-0.3, -0.25) is 9.59 Å². The van der Waals surface area contributed by atoms with Crippen LogP contribution in [0.1, 0.15) is 10.4 Å². The van der Waals surface area contributed by atoms with E-state index in [2.05, 4.69) is 20.7 Å². The van der Waals surface area contributed by atoms with Crippen LogP contribution in [0.3, 0.4) is 0 Å². The van der Waals surface area contributed by atoms with E-state index in [0.29, 0.717) is 30.2 Å². The minimum Gasteiger partial charge on any atom is -0.383 e. The smallest absolute Gasteiger partial charge is 0.256 e. The lowest BCUT2D eigenvalue weighted by Crippen LogP contribution is -2.28. The highest BCUT2D eigenvalue weighted by Gasteiger charge is 2.13. The fourth-order valence-electron chi connectivity index (χ4n) is 2.47. The zero-order chi connectivity index (χ0) is 20.5. The summed E-state index contributed by atoms with van der Waals surface area (Å²) in [7, 11) is 1.58. The quantitative estimate of drug-likeness (QED) is 0.414. The second-order valence-corrected chi connectivity index (χ2v) is 6.95. The van der Waals surface area contributed by atoms with Crippen molar-refractivity contribution in [3.8, 4) is 5.82 Å². The number of anilines is 1. The van der Waals surface area contributed by atoms with E-state index in [9.17, 15) is 9.59 Å². The molecule has 0 saturated heterocycles. The number of ether oxygens (including phenoxy) is 1. The minimum atomic E-state index is -0.262. The Labute approximate surface area is 172 Å². The van der Waals surface area contributed by atoms with Crippen LogP contribution in [0.25, 0.3) is 5.82 Å². The van der Waals surface area contributed by atoms with Crippen molar-refractivity contribution in [3.05, 3.63) is 66.6 Å². The van der Waals surface area contributed by atoms with Crippen LogP contribution in [0.5, 0.6) is 0 Å². The van der Waals surface area contributed by atoms with Gasteiger partial charge in [0.1, 0.15) is 0 Å². The highest BCUT2D eigenvalue weighted by molar-refractivity contribution is 8.00. The molecule has 0 aliphatic rings. The maximum atomic E-state index is 12.7. The van der Waals surface area contributed by atoms with Gasteiger partial charge in [-0.2, -0.15) is 5.10 Å². The van der Waals surface area contributed by atoms with Crippen LogP contribution < -0.4 is 10.6 Å². The van der Waals surface area contributed by atoms with Gasteiger partial charge in [-0.15, -0.1) is 11.8 Å². The number of rotatable bonds is 9. The second kappa shape index (κ2) is 10.4. The van der Waals surface area contributed by atoms with Crippen molar-refractivity contribution >= 4 is 29.3 Å². The molecule has 0 bridgehead atoms. The molecule has 150 valence electrons. The van der Waals surface area contributed by atoms with Gasteiger partial charge in [-0.25, -0.2) is 9.67 Å². The predicted molar refractivity (Wildman–Crippen MR) is 111 cm³/mol. The van der Waals surface area contributed by atoms with Crippen molar-refractivity contribution in [2.24, 2.45) is 0 Å². The van der Waals surface area contributed by atoms with Gasteiger partial charge in [0.25, 0.3) is 5.91 Å². The SMILES string of the molecule is COCCNC(=O)CSc1ccccc1C(=O)Nc1ccc(-n2cccn2)nc1. The number of amides is 2. The molecule has 0 aliphatic carbocycles. The van der Waals surface area contributed by atoms with Crippen molar-refractivity contribution in [2.45, 2.75) is 4.90 Å². The van der Waals surface area contributed by atoms with Gasteiger partial charge in [0, 0.05) is 30.9 Å². The maximum Gasteiger partial charge on any atom is 0.256 e. The molecule has 1 aromatic carbocycles. The van der Waals surface area contributed by atoms with Gasteiger partial charge in [0.05, 0.1) is 29.8 Å². The zero-order valence-corrected chi connectivity index (χ0v) is 16.7. The number of methoxy groups -OCH3 is 1. The normalized spacial score (nSPS) is 10.5. The molecular formula is C20H21N5O3S. The van der Waals surface area contributed by atoms with E-state index in [4.69, 9.17) is 4.74 Å². The van der Waals surface area contributed by atoms with Crippen molar-refractivity contribution in [2.75, 3.05) is 31.3 Å². The molecule has 2 aromatic heterocycles. The zero-order valence-electron chi connectivity index (χ0n) is 15.9. The van der Waals surface area contributed by atoms with Crippen molar-refractivity contribution in [3.63, 3.8) is 0 Å². The van der Waals surface area contributed by atoms with Crippen LogP contribution in [0, 0.1) is 0 Å². The average molecular weight is 411 g/mol. The highest BCUT2D eigenvalue weighted by atomic mass is 32.2. The van der Waals surface area contributed by atoms with Crippen molar-refractivity contribution in [1.82, 2.24) is 20.1 Å². The van der Waals surface area contributed by atoms with Crippen LogP contribution >= 0.6 is 11.8 Å². The molecule has 3 aromatic rings. The van der Waals surface area contributed by atoms with Crippen LogP contribution in [-0.4, -0.2) is 52.6 Å². The lowest BCUT2D eigenvalue weighted by Gasteiger charge is -2.10. The lowest BCUT2D eigenvalue weighted by molar-refractivity contribution is -0.118. The fourth-order valence-corrected chi connectivity index (χ4v) is 3.34. The Morgan fingerprint density at radius 2 is 2.03 bits per heavy atom. The summed E-state index contributed by atoms with van der Waals surface area (Å²) in [4.78, 5) is 29.6. The Bertz CT molecular complexity index is 945. The first kappa shape index (κ1) is 20.6. The van der Waals surface area contributed by atoms with E-state index >= 15 is 0 Å². The summed E-state index contributed by atoms with van der Waals surface area (Å²) in [5, 5.41) is 9.72. The van der Waals surface area contributed by atoms with Crippen molar-refractivity contribution < 1.29 is 14.3 Å². The number of pyridine rings is 1. The number of aromatic nitrogens is 3. The molecule has 2 N–H and O–H groups in total. The van der Waals surface area contributed by atoms with E-state index in [1.54, 1.807) is 54.6 Å². The first-order chi connectivity index (χ1) is 14.2. The topological polar surface area (TPSA) is 98.1 Å². The summed E-state index contributed by atoms with van der Waals surface area (Å²) < 4.78 is 6.54. The Balaban J connectivity index is 1.61. The van der Waals surface area contributed by atoms with Gasteiger partial charge in [-0.1, -0.05) is 12.1 Å². The fraction of sp³-hybridized carbons (Fsp3) is 0.200. The molecule has 3 rings (SSSR count). The van der Waals surface area contributed by atoms with Gasteiger partial charge in [0.2, 0.25) is 5.91 Å². The molecule has 29 heavy (non-hydrogen) atoms. The monoisotopic (exact) mass is 411 g/mol. The van der Waals surface area contributed by atoms with Gasteiger partial charge >= 0.3 is 0 Å². The van der Waals surface area contributed by atoms with E-state index in [1.807, 2.05) is 18.2 Å². The molecule has 0 spiro atoms. The number of carbonyl (C=O) groups excluding carboxylic acids is 2. The molecule has 0 saturated carbocycles. The number of carbonyl (C=O) groups is 2. The molecule has 0 atom stereocenters. The Kier molecular flexibility index (Phi) is 7.37. The third kappa shape index (κ3) is 5.90. The van der Waals surface area contributed by atoms with E-state index in [-0.39, 0.29) is 17.6 Å². The van der Waals surface area contributed by atoms with Gasteiger partial charge < -0.3 is 15.4 Å². The summed E-state index contributed by atoms with van der Waals surface area (Å²) in [5.74, 6) is 0.499. The third-order valence-corrected chi connectivity index (χ3v) is 4.94. The van der Waals surface area contributed by atoms with Crippen LogP contribution in [0.4, 0.5) is 5.69 Å². The van der Waals surface area contributed by atoms with Gasteiger partial charge in [-0.05, 0) is 30.3 Å². The summed E-state index contributed by atoms with van der Waals surface area (Å²) in [6.45, 7) is 0.919. The number of hydrogen-bond donors (Lipinski definition) is 2. The lowest BCUT2D eigenvalue weighted by atomic mass is 10.2. The van der Waals surface area contributed by atoms with Crippen LogP contribution in [0.2, 0.25) is 0 Å². The molecule has 8 nitrogen and oxygen atoms in total. The summed E-state index contributed by atoms with van der Waals surface area (Å²) >= 11 is 1.31. The molecule has 0 radical (unpaired) electrons. The molecule has 0 unspecified atom stereocenters. The van der Waals surface area contributed by atoms with Crippen LogP contribution in [0.15, 0.2) is 66.0 Å². The third-order valence-electron chi connectivity index (χ3n) is 3.86. The molecule has 9 heteroatoms. The Morgan fingerprint density at radius 1 is 1.17 bits per heavy atom. The number of hydrogen-bond acceptors (Lipinski definition) is 6. The minimum absolute atomic E-state index is 0.110. The number of nitrogens with one attached hydrogen (secondary N) is 2. The summed E-state index contributed by atoms with van der Waals surface area (Å²) in [5.41, 5.74) is 1.07. The molecule has 2 heterocycles. The standard InChI is InChI=1S/C20H21N5O3S/c1-28-12-10-21-19(26)14-29-17-6-3-2-5-16(17)20(27)24-15-7-8-18(22-13-15)25-11-4-9-23-25/h2-9,11,13H,10,12,14H2,1H3,(H,21,26)(H,24,27). The average Bonchev–Trinajstić information content (AvgIpc) is 3.28. The number of nitrogens with zero attached hydrogens (tertiary/aromatic N) is 3. The van der Waals surface area contributed by atoms with E-state index in [1.165, 1.54) is 11.8 Å². The van der Waals surface area contributed by atoms with E-state index < -0.39 is 0 Å². The Morgan fingerprint density at radius 3 is 2.76 bits per heavy atom. The van der Waals surface area contributed by atoms with Crippen LogP contribution in [-0.2, 0) is 9.53 Å². The molecule has 0 aliphatic heterocycles. The largest absolute Gasteiger partial charge is 0.383 e. The molecule has 2 amide bonds. The maximum absolute atomic E-state index is 12.7. The molecular weight excluding hydrogens is 390 g/mol.